The Morgan fingerprint density at radius 1 is 1.00 bits per heavy atom. The van der Waals surface area contributed by atoms with Gasteiger partial charge in [0.25, 0.3) is 5.91 Å². The average molecular weight is 507 g/mol. The zero-order valence-electron chi connectivity index (χ0n) is 19.5. The number of carbonyl (C=O) groups is 1. The minimum Gasteiger partial charge on any atom is -0.506 e. The van der Waals surface area contributed by atoms with Crippen molar-refractivity contribution in [1.29, 1.82) is 0 Å². The number of benzene rings is 2. The molecular formula is C24H34N4O4S2. The number of carbonyl (C=O) groups excluding carboxylic acids is 1. The number of hydrogen-bond acceptors (Lipinski definition) is 9. The number of hydrogen-bond donors (Lipinski definition) is 4. The second kappa shape index (κ2) is 17.3. The smallest absolute Gasteiger partial charge is 0.251 e. The summed E-state index contributed by atoms with van der Waals surface area (Å²) >= 11 is 5.69. The van der Waals surface area contributed by atoms with Crippen LogP contribution < -0.4 is 10.0 Å². The normalized spacial score (nSPS) is 11.2. The van der Waals surface area contributed by atoms with Crippen molar-refractivity contribution >= 4 is 41.9 Å². The zero-order valence-corrected chi connectivity index (χ0v) is 21.2. The van der Waals surface area contributed by atoms with Crippen LogP contribution in [0.25, 0.3) is 0 Å². The van der Waals surface area contributed by atoms with Gasteiger partial charge in [0.2, 0.25) is 0 Å². The number of azo groups is 1. The van der Waals surface area contributed by atoms with E-state index in [-0.39, 0.29) is 11.7 Å². The van der Waals surface area contributed by atoms with Gasteiger partial charge in [0.15, 0.2) is 0 Å². The molecule has 10 heteroatoms. The summed E-state index contributed by atoms with van der Waals surface area (Å²) in [5.74, 6) is 0.748. The largest absolute Gasteiger partial charge is 0.506 e. The summed E-state index contributed by atoms with van der Waals surface area (Å²) in [7, 11) is 0. The van der Waals surface area contributed by atoms with Gasteiger partial charge in [0, 0.05) is 31.9 Å². The van der Waals surface area contributed by atoms with Crippen molar-refractivity contribution in [2.45, 2.75) is 19.3 Å². The van der Waals surface area contributed by atoms with E-state index >= 15 is 0 Å². The molecule has 2 aromatic rings. The lowest BCUT2D eigenvalue weighted by molar-refractivity contribution is 0.0473. The van der Waals surface area contributed by atoms with Crippen LogP contribution >= 0.6 is 24.6 Å². The molecule has 3 N–H and O–H groups in total. The topological polar surface area (TPSA) is 105 Å². The van der Waals surface area contributed by atoms with Crippen LogP contribution in [0.5, 0.6) is 5.75 Å². The van der Waals surface area contributed by atoms with Gasteiger partial charge >= 0.3 is 0 Å². The van der Waals surface area contributed by atoms with Crippen LogP contribution in [0, 0.1) is 0 Å². The van der Waals surface area contributed by atoms with E-state index in [9.17, 15) is 9.90 Å². The summed E-state index contributed by atoms with van der Waals surface area (Å²) in [4.78, 5) is 12.3. The second-order valence-corrected chi connectivity index (χ2v) is 8.47. The highest BCUT2D eigenvalue weighted by Gasteiger charge is 2.06. The predicted octanol–water partition coefficient (Wildman–Crippen LogP) is 4.69. The first-order valence-corrected chi connectivity index (χ1v) is 13.1. The standard InChI is InChI=1S/C24H34N4O4S2/c1-34-26-12-10-19-4-9-23(29)22(18-19)28-27-21-7-5-20(6-8-21)24(30)25-11-2-13-31-15-16-32-14-3-17-33/h4-9,18,26,29,33H,2-3,10-17H2,1H3,(H,25,30). The first-order chi connectivity index (χ1) is 16.6. The first kappa shape index (κ1) is 28.1. The van der Waals surface area contributed by atoms with Crippen LogP contribution in [0.1, 0.15) is 28.8 Å². The van der Waals surface area contributed by atoms with Crippen molar-refractivity contribution in [3.63, 3.8) is 0 Å². The van der Waals surface area contributed by atoms with Gasteiger partial charge in [0.05, 0.1) is 18.9 Å². The van der Waals surface area contributed by atoms with Crippen molar-refractivity contribution in [3.8, 4) is 5.75 Å². The molecule has 0 heterocycles. The predicted molar refractivity (Wildman–Crippen MR) is 141 cm³/mol. The lowest BCUT2D eigenvalue weighted by Gasteiger charge is -2.07. The fraction of sp³-hybridized carbons (Fsp3) is 0.458. The molecule has 186 valence electrons. The molecule has 8 nitrogen and oxygen atoms in total. The van der Waals surface area contributed by atoms with E-state index in [0.717, 1.165) is 37.1 Å². The van der Waals surface area contributed by atoms with Gasteiger partial charge in [-0.05, 0) is 73.2 Å². The van der Waals surface area contributed by atoms with Crippen molar-refractivity contribution < 1.29 is 19.4 Å². The third-order valence-electron chi connectivity index (χ3n) is 4.67. The Morgan fingerprint density at radius 3 is 2.44 bits per heavy atom. The molecule has 0 aromatic heterocycles. The molecule has 0 aliphatic carbocycles. The summed E-state index contributed by atoms with van der Waals surface area (Å²) in [6, 6.07) is 12.2. The second-order valence-electron chi connectivity index (χ2n) is 7.33. The highest BCUT2D eigenvalue weighted by atomic mass is 32.2. The minimum absolute atomic E-state index is 0.0753. The van der Waals surface area contributed by atoms with Gasteiger partial charge in [-0.3, -0.25) is 9.52 Å². The van der Waals surface area contributed by atoms with Crippen LogP contribution in [-0.4, -0.2) is 62.5 Å². The van der Waals surface area contributed by atoms with Crippen LogP contribution in [0.4, 0.5) is 11.4 Å². The number of phenols is 1. The third-order valence-corrected chi connectivity index (χ3v) is 5.48. The van der Waals surface area contributed by atoms with Crippen LogP contribution in [-0.2, 0) is 15.9 Å². The summed E-state index contributed by atoms with van der Waals surface area (Å²) in [5.41, 5.74) is 2.61. The number of ether oxygens (including phenoxy) is 2. The van der Waals surface area contributed by atoms with Gasteiger partial charge in [-0.15, -0.1) is 5.11 Å². The van der Waals surface area contributed by atoms with Gasteiger partial charge in [0.1, 0.15) is 11.4 Å². The Morgan fingerprint density at radius 2 is 1.74 bits per heavy atom. The number of aromatic hydroxyl groups is 1. The Hall–Kier alpha value is -2.11. The maximum atomic E-state index is 12.3. The number of amides is 1. The molecule has 1 amide bonds. The number of phenolic OH excluding ortho intramolecular Hbond substituents is 1. The quantitative estimate of drug-likeness (QED) is 0.107. The monoisotopic (exact) mass is 506 g/mol. The maximum absolute atomic E-state index is 12.3. The third kappa shape index (κ3) is 11.3. The highest BCUT2D eigenvalue weighted by molar-refractivity contribution is 7.96. The first-order valence-electron chi connectivity index (χ1n) is 11.3. The molecule has 0 aliphatic rings. The van der Waals surface area contributed by atoms with E-state index in [1.165, 1.54) is 0 Å². The number of nitrogens with one attached hydrogen (secondary N) is 2. The Labute approximate surface area is 211 Å². The molecule has 2 rings (SSSR count). The van der Waals surface area contributed by atoms with E-state index in [2.05, 4.69) is 32.9 Å². The van der Waals surface area contributed by atoms with Crippen molar-refractivity contribution in [2.24, 2.45) is 10.2 Å². The Balaban J connectivity index is 1.72. The lowest BCUT2D eigenvalue weighted by Crippen LogP contribution is -2.25. The zero-order chi connectivity index (χ0) is 24.4. The van der Waals surface area contributed by atoms with Crippen LogP contribution in [0.15, 0.2) is 52.7 Å². The molecule has 2 aromatic carbocycles. The molecule has 0 fully saturated rings. The number of nitrogens with zero attached hydrogens (tertiary/aromatic N) is 2. The highest BCUT2D eigenvalue weighted by Crippen LogP contribution is 2.29. The molecule has 0 saturated heterocycles. The van der Waals surface area contributed by atoms with E-state index in [4.69, 9.17) is 9.47 Å². The maximum Gasteiger partial charge on any atom is 0.251 e. The Bertz CT molecular complexity index is 882. The van der Waals surface area contributed by atoms with Crippen molar-refractivity contribution in [3.05, 3.63) is 53.6 Å². The summed E-state index contributed by atoms with van der Waals surface area (Å²) < 4.78 is 14.1. The fourth-order valence-electron chi connectivity index (χ4n) is 2.86. The van der Waals surface area contributed by atoms with Crippen molar-refractivity contribution in [1.82, 2.24) is 10.0 Å². The van der Waals surface area contributed by atoms with Crippen molar-refractivity contribution in [2.75, 3.05) is 51.5 Å². The average Bonchev–Trinajstić information content (AvgIpc) is 2.85. The van der Waals surface area contributed by atoms with Gasteiger partial charge < -0.3 is 19.9 Å². The van der Waals surface area contributed by atoms with Crippen LogP contribution in [0.2, 0.25) is 0 Å². The molecular weight excluding hydrogens is 472 g/mol. The fourth-order valence-corrected chi connectivity index (χ4v) is 3.30. The minimum atomic E-state index is -0.150. The van der Waals surface area contributed by atoms with Crippen LogP contribution in [0.3, 0.4) is 0 Å². The Kier molecular flexibility index (Phi) is 14.3. The van der Waals surface area contributed by atoms with E-state index in [1.54, 1.807) is 42.3 Å². The molecule has 0 bridgehead atoms. The molecule has 0 radical (unpaired) electrons. The molecule has 0 aliphatic heterocycles. The van der Waals surface area contributed by atoms with E-state index < -0.39 is 0 Å². The molecule has 0 saturated carbocycles. The molecule has 0 unspecified atom stereocenters. The molecule has 0 spiro atoms. The summed E-state index contributed by atoms with van der Waals surface area (Å²) in [5, 5.41) is 21.3. The van der Waals surface area contributed by atoms with Gasteiger partial charge in [-0.25, -0.2) is 0 Å². The van der Waals surface area contributed by atoms with Gasteiger partial charge in [-0.2, -0.15) is 17.7 Å². The summed E-state index contributed by atoms with van der Waals surface area (Å²) in [6.45, 7) is 3.75. The van der Waals surface area contributed by atoms with E-state index in [0.29, 0.717) is 49.9 Å². The molecule has 34 heavy (non-hydrogen) atoms. The van der Waals surface area contributed by atoms with Gasteiger partial charge in [-0.1, -0.05) is 18.0 Å². The van der Waals surface area contributed by atoms with E-state index in [1.807, 2.05) is 18.4 Å². The lowest BCUT2D eigenvalue weighted by atomic mass is 10.1. The SMILES string of the molecule is CSNCCc1ccc(O)c(N=Nc2ccc(C(=O)NCCCOCCOCCCS)cc2)c1. The number of thiol groups is 1. The number of rotatable bonds is 17. The summed E-state index contributed by atoms with van der Waals surface area (Å²) in [6.07, 6.45) is 4.47. The molecule has 0 atom stereocenters.